The molecule has 0 saturated heterocycles. The van der Waals surface area contributed by atoms with Gasteiger partial charge in [0.1, 0.15) is 0 Å². The number of alkyl halides is 1. The van der Waals surface area contributed by atoms with E-state index in [1.807, 2.05) is 0 Å². The van der Waals surface area contributed by atoms with Crippen LogP contribution in [0.4, 0.5) is 0 Å². The number of carbonyl (C=O) groups excluding carboxylic acids is 1. The first kappa shape index (κ1) is 9.03. The number of nitrogens with two attached hydrogens (primary N) is 1. The summed E-state index contributed by atoms with van der Waals surface area (Å²) in [4.78, 5) is 14.9. The molecule has 3 nitrogen and oxygen atoms in total. The quantitative estimate of drug-likeness (QED) is 0.561. The zero-order chi connectivity index (χ0) is 8.97. The summed E-state index contributed by atoms with van der Waals surface area (Å²) >= 11 is 5.55. The molecular formula is C8H8ClNO2. The van der Waals surface area contributed by atoms with Gasteiger partial charge >= 0.3 is 5.97 Å². The van der Waals surface area contributed by atoms with Crippen LogP contribution in [0, 0.1) is 0 Å². The van der Waals surface area contributed by atoms with Gasteiger partial charge in [-0.3, -0.25) is 0 Å². The van der Waals surface area contributed by atoms with Crippen LogP contribution in [0.3, 0.4) is 0 Å². The zero-order valence-corrected chi connectivity index (χ0v) is 7.04. The summed E-state index contributed by atoms with van der Waals surface area (Å²) in [5.41, 5.74) is 1.37. The molecule has 0 aliphatic heterocycles. The Morgan fingerprint density at radius 3 is 2.42 bits per heavy atom. The highest BCUT2D eigenvalue weighted by molar-refractivity contribution is 6.17. The number of halogens is 1. The Balaban J connectivity index is 2.84. The van der Waals surface area contributed by atoms with E-state index < -0.39 is 5.97 Å². The molecule has 4 heteroatoms. The summed E-state index contributed by atoms with van der Waals surface area (Å²) in [6.07, 6.45) is 0. The van der Waals surface area contributed by atoms with Gasteiger partial charge in [-0.05, 0) is 17.7 Å². The van der Waals surface area contributed by atoms with Crippen LogP contribution < -0.4 is 5.90 Å². The molecule has 0 fully saturated rings. The Bertz CT molecular complexity index is 271. The molecule has 0 radical (unpaired) electrons. The van der Waals surface area contributed by atoms with Crippen molar-refractivity contribution in [2.45, 2.75) is 5.88 Å². The predicted molar refractivity (Wildman–Crippen MR) is 45.6 cm³/mol. The second kappa shape index (κ2) is 4.09. The highest BCUT2D eigenvalue weighted by atomic mass is 35.5. The molecule has 1 aromatic carbocycles. The second-order valence-corrected chi connectivity index (χ2v) is 2.50. The first-order valence-corrected chi connectivity index (χ1v) is 3.87. The Morgan fingerprint density at radius 2 is 2.00 bits per heavy atom. The molecule has 12 heavy (non-hydrogen) atoms. The maximum Gasteiger partial charge on any atom is 0.356 e. The Morgan fingerprint density at radius 1 is 1.42 bits per heavy atom. The Hall–Kier alpha value is -1.06. The van der Waals surface area contributed by atoms with Crippen molar-refractivity contribution in [2.24, 2.45) is 5.90 Å². The maximum atomic E-state index is 10.8. The minimum atomic E-state index is -0.545. The van der Waals surface area contributed by atoms with Crippen molar-refractivity contribution in [1.29, 1.82) is 0 Å². The largest absolute Gasteiger partial charge is 0.370 e. The number of carbonyl (C=O) groups is 1. The van der Waals surface area contributed by atoms with E-state index in [9.17, 15) is 4.79 Å². The van der Waals surface area contributed by atoms with Gasteiger partial charge in [0.05, 0.1) is 5.56 Å². The van der Waals surface area contributed by atoms with Crippen molar-refractivity contribution in [3.8, 4) is 0 Å². The highest BCUT2D eigenvalue weighted by Crippen LogP contribution is 2.07. The van der Waals surface area contributed by atoms with Gasteiger partial charge in [-0.1, -0.05) is 12.1 Å². The maximum absolute atomic E-state index is 10.8. The van der Waals surface area contributed by atoms with Crippen LogP contribution in [0.5, 0.6) is 0 Å². The van der Waals surface area contributed by atoms with E-state index >= 15 is 0 Å². The van der Waals surface area contributed by atoms with Crippen molar-refractivity contribution in [3.63, 3.8) is 0 Å². The molecule has 0 aliphatic rings. The third-order valence-electron chi connectivity index (χ3n) is 1.45. The molecule has 0 bridgehead atoms. The molecule has 0 amide bonds. The van der Waals surface area contributed by atoms with Crippen LogP contribution in [-0.2, 0) is 10.7 Å². The first-order chi connectivity index (χ1) is 5.77. The minimum absolute atomic E-state index is 0.423. The molecule has 0 saturated carbocycles. The molecule has 0 aliphatic carbocycles. The third kappa shape index (κ3) is 1.96. The fourth-order valence-corrected chi connectivity index (χ4v) is 0.976. The van der Waals surface area contributed by atoms with Crippen molar-refractivity contribution >= 4 is 17.6 Å². The summed E-state index contributed by atoms with van der Waals surface area (Å²) < 4.78 is 0. The minimum Gasteiger partial charge on any atom is -0.370 e. The van der Waals surface area contributed by atoms with Gasteiger partial charge in [0.25, 0.3) is 0 Å². The second-order valence-electron chi connectivity index (χ2n) is 2.24. The number of benzene rings is 1. The van der Waals surface area contributed by atoms with E-state index in [4.69, 9.17) is 17.5 Å². The van der Waals surface area contributed by atoms with Crippen LogP contribution in [-0.4, -0.2) is 5.97 Å². The predicted octanol–water partition coefficient (Wildman–Crippen LogP) is 1.46. The van der Waals surface area contributed by atoms with E-state index in [0.717, 1.165) is 5.56 Å². The third-order valence-corrected chi connectivity index (χ3v) is 1.76. The monoisotopic (exact) mass is 185 g/mol. The van der Waals surface area contributed by atoms with Crippen molar-refractivity contribution in [1.82, 2.24) is 0 Å². The number of hydrogen-bond donors (Lipinski definition) is 1. The van der Waals surface area contributed by atoms with Crippen LogP contribution in [0.15, 0.2) is 24.3 Å². The van der Waals surface area contributed by atoms with Crippen LogP contribution >= 0.6 is 11.6 Å². The van der Waals surface area contributed by atoms with Gasteiger partial charge < -0.3 is 4.84 Å². The normalized spacial score (nSPS) is 9.50. The molecule has 0 heterocycles. The molecule has 2 N–H and O–H groups in total. The molecule has 0 spiro atoms. The smallest absolute Gasteiger partial charge is 0.356 e. The summed E-state index contributed by atoms with van der Waals surface area (Å²) in [6.45, 7) is 0. The summed E-state index contributed by atoms with van der Waals surface area (Å²) in [7, 11) is 0. The Kier molecular flexibility index (Phi) is 3.08. The summed E-state index contributed by atoms with van der Waals surface area (Å²) in [6, 6.07) is 6.73. The van der Waals surface area contributed by atoms with Crippen molar-refractivity contribution in [2.75, 3.05) is 0 Å². The average Bonchev–Trinajstić information content (AvgIpc) is 2.17. The molecule has 0 unspecified atom stereocenters. The van der Waals surface area contributed by atoms with Gasteiger partial charge in [0, 0.05) is 5.88 Å². The molecule has 1 rings (SSSR count). The molecule has 1 aromatic rings. The highest BCUT2D eigenvalue weighted by Gasteiger charge is 2.03. The topological polar surface area (TPSA) is 52.3 Å². The standard InChI is InChI=1S/C8H8ClNO2/c9-5-6-1-3-7(4-2-6)8(11)12-10/h1-4H,5,10H2. The van der Waals surface area contributed by atoms with Crippen molar-refractivity contribution < 1.29 is 9.63 Å². The Labute approximate surface area is 75.0 Å². The lowest BCUT2D eigenvalue weighted by atomic mass is 10.1. The summed E-state index contributed by atoms with van der Waals surface area (Å²) in [5.74, 6) is 4.58. The van der Waals surface area contributed by atoms with Crippen molar-refractivity contribution in [3.05, 3.63) is 35.4 Å². The van der Waals surface area contributed by atoms with Gasteiger partial charge in [0.15, 0.2) is 0 Å². The molecule has 0 aromatic heterocycles. The number of hydrogen-bond acceptors (Lipinski definition) is 3. The van der Waals surface area contributed by atoms with E-state index in [1.165, 1.54) is 0 Å². The van der Waals surface area contributed by atoms with Gasteiger partial charge in [0.2, 0.25) is 0 Å². The lowest BCUT2D eigenvalue weighted by Gasteiger charge is -1.98. The van der Waals surface area contributed by atoms with Crippen LogP contribution in [0.2, 0.25) is 0 Å². The fraction of sp³-hybridized carbons (Fsp3) is 0.125. The summed E-state index contributed by atoms with van der Waals surface area (Å²) in [5, 5.41) is 0. The van der Waals surface area contributed by atoms with E-state index in [-0.39, 0.29) is 0 Å². The van der Waals surface area contributed by atoms with E-state index in [0.29, 0.717) is 11.4 Å². The van der Waals surface area contributed by atoms with Gasteiger partial charge in [-0.25, -0.2) is 4.79 Å². The number of rotatable bonds is 2. The SMILES string of the molecule is NOC(=O)c1ccc(CCl)cc1. The lowest BCUT2D eigenvalue weighted by Crippen LogP contribution is -2.09. The van der Waals surface area contributed by atoms with E-state index in [2.05, 4.69) is 4.84 Å². The van der Waals surface area contributed by atoms with Gasteiger partial charge in [-0.15, -0.1) is 11.6 Å². The molecular weight excluding hydrogens is 178 g/mol. The average molecular weight is 186 g/mol. The zero-order valence-electron chi connectivity index (χ0n) is 6.29. The molecule has 64 valence electrons. The molecule has 0 atom stereocenters. The van der Waals surface area contributed by atoms with Crippen LogP contribution in [0.25, 0.3) is 0 Å². The first-order valence-electron chi connectivity index (χ1n) is 3.34. The van der Waals surface area contributed by atoms with Gasteiger partial charge in [-0.2, -0.15) is 5.90 Å². The van der Waals surface area contributed by atoms with E-state index in [1.54, 1.807) is 24.3 Å². The lowest BCUT2D eigenvalue weighted by molar-refractivity contribution is 0.0503. The van der Waals surface area contributed by atoms with Crippen LogP contribution in [0.1, 0.15) is 15.9 Å². The fourth-order valence-electron chi connectivity index (χ4n) is 0.798.